The molecule has 0 aromatic heterocycles. The van der Waals surface area contributed by atoms with E-state index < -0.39 is 22.2 Å². The third-order valence-electron chi connectivity index (χ3n) is 6.52. The summed E-state index contributed by atoms with van der Waals surface area (Å²) in [6.07, 6.45) is -0.264. The van der Waals surface area contributed by atoms with E-state index in [0.717, 1.165) is 0 Å². The number of rotatable bonds is 6. The molecule has 1 rings (SSSR count). The van der Waals surface area contributed by atoms with Gasteiger partial charge in [-0.2, -0.15) is 0 Å². The summed E-state index contributed by atoms with van der Waals surface area (Å²) in [7, 11) is -3.74. The molecule has 0 unspecified atom stereocenters. The number of carbonyl (C=O) groups excluding carboxylic acids is 1. The molecule has 2 atom stereocenters. The molecule has 0 aliphatic carbocycles. The first kappa shape index (κ1) is 25.7. The molecular weight excluding hydrogens is 386 g/mol. The van der Waals surface area contributed by atoms with E-state index in [1.165, 1.54) is 0 Å². The molecular formula is C21H45NO4Si2. The van der Waals surface area contributed by atoms with Crippen molar-refractivity contribution >= 4 is 22.7 Å². The molecule has 1 aliphatic heterocycles. The Kier molecular flexibility index (Phi) is 7.37. The molecule has 7 heteroatoms. The van der Waals surface area contributed by atoms with Crippen LogP contribution in [0.5, 0.6) is 0 Å². The van der Waals surface area contributed by atoms with Crippen LogP contribution in [0.25, 0.3) is 0 Å². The normalized spacial score (nSPS) is 21.7. The molecule has 1 saturated heterocycles. The van der Waals surface area contributed by atoms with Gasteiger partial charge in [-0.3, -0.25) is 4.90 Å². The quantitative estimate of drug-likeness (QED) is 0.381. The highest BCUT2D eigenvalue weighted by atomic mass is 28.4. The highest BCUT2D eigenvalue weighted by Gasteiger charge is 2.55. The average Bonchev–Trinajstić information content (AvgIpc) is 3.12. The van der Waals surface area contributed by atoms with Crippen molar-refractivity contribution < 1.29 is 18.4 Å². The predicted octanol–water partition coefficient (Wildman–Crippen LogP) is 6.02. The van der Waals surface area contributed by atoms with Crippen molar-refractivity contribution in [1.29, 1.82) is 0 Å². The van der Waals surface area contributed by atoms with Gasteiger partial charge in [0.15, 0.2) is 16.6 Å². The van der Waals surface area contributed by atoms with E-state index in [1.807, 2.05) is 25.7 Å². The SMILES string of the molecule is CC(C)(C)OC(=O)N1[C@H](CO[Si](C)(C)C(C)(C)C)[C@@H]1CO[Si](C)(C)C(C)(C)C. The lowest BCUT2D eigenvalue weighted by molar-refractivity contribution is 0.0375. The molecule has 0 radical (unpaired) electrons. The fourth-order valence-corrected chi connectivity index (χ4v) is 4.36. The average molecular weight is 432 g/mol. The molecule has 1 heterocycles. The Morgan fingerprint density at radius 2 is 1.07 bits per heavy atom. The van der Waals surface area contributed by atoms with Crippen LogP contribution in [0.2, 0.25) is 36.3 Å². The van der Waals surface area contributed by atoms with Crippen LogP contribution in [-0.2, 0) is 13.6 Å². The number of nitrogens with zero attached hydrogens (tertiary/aromatic N) is 1. The van der Waals surface area contributed by atoms with Gasteiger partial charge in [0, 0.05) is 0 Å². The van der Waals surface area contributed by atoms with E-state index in [0.29, 0.717) is 13.2 Å². The fourth-order valence-electron chi connectivity index (χ4n) is 2.32. The van der Waals surface area contributed by atoms with Crippen LogP contribution >= 0.6 is 0 Å². The summed E-state index contributed by atoms with van der Waals surface area (Å²) in [5.74, 6) is 0. The molecule has 1 fully saturated rings. The van der Waals surface area contributed by atoms with Gasteiger partial charge in [0.2, 0.25) is 0 Å². The second kappa shape index (κ2) is 8.04. The minimum atomic E-state index is -1.87. The molecule has 166 valence electrons. The Morgan fingerprint density at radius 1 is 0.750 bits per heavy atom. The van der Waals surface area contributed by atoms with Gasteiger partial charge < -0.3 is 13.6 Å². The first-order chi connectivity index (χ1) is 12.2. The fraction of sp³-hybridized carbons (Fsp3) is 0.952. The van der Waals surface area contributed by atoms with Crippen molar-refractivity contribution in [3.63, 3.8) is 0 Å². The van der Waals surface area contributed by atoms with E-state index >= 15 is 0 Å². The van der Waals surface area contributed by atoms with Crippen molar-refractivity contribution in [2.75, 3.05) is 13.2 Å². The molecule has 0 bridgehead atoms. The Balaban J connectivity index is 2.84. The van der Waals surface area contributed by atoms with Crippen LogP contribution in [0.1, 0.15) is 62.3 Å². The van der Waals surface area contributed by atoms with Gasteiger partial charge in [-0.05, 0) is 57.0 Å². The predicted molar refractivity (Wildman–Crippen MR) is 122 cm³/mol. The number of amides is 1. The Labute approximate surface area is 175 Å². The molecule has 0 spiro atoms. The summed E-state index contributed by atoms with van der Waals surface area (Å²) in [6, 6.07) is 0.0717. The highest BCUT2D eigenvalue weighted by molar-refractivity contribution is 6.74. The summed E-state index contributed by atoms with van der Waals surface area (Å²) in [6.45, 7) is 29.2. The third kappa shape index (κ3) is 6.57. The first-order valence-electron chi connectivity index (χ1n) is 10.5. The minimum Gasteiger partial charge on any atom is -0.444 e. The summed E-state index contributed by atoms with van der Waals surface area (Å²) in [5, 5.41) is 0.289. The van der Waals surface area contributed by atoms with Gasteiger partial charge in [-0.1, -0.05) is 41.5 Å². The first-order valence-corrected chi connectivity index (χ1v) is 16.3. The van der Waals surface area contributed by atoms with Crippen molar-refractivity contribution in [2.24, 2.45) is 0 Å². The molecule has 5 nitrogen and oxygen atoms in total. The summed E-state index contributed by atoms with van der Waals surface area (Å²) >= 11 is 0. The smallest absolute Gasteiger partial charge is 0.411 e. The molecule has 1 aliphatic rings. The van der Waals surface area contributed by atoms with Crippen molar-refractivity contribution in [3.05, 3.63) is 0 Å². The van der Waals surface area contributed by atoms with E-state index in [2.05, 4.69) is 67.7 Å². The summed E-state index contributed by atoms with van der Waals surface area (Å²) in [4.78, 5) is 14.5. The van der Waals surface area contributed by atoms with E-state index in [4.69, 9.17) is 13.6 Å². The molecule has 0 aromatic rings. The zero-order chi connectivity index (χ0) is 22.3. The summed E-state index contributed by atoms with van der Waals surface area (Å²) < 4.78 is 18.4. The molecule has 0 N–H and O–H groups in total. The van der Waals surface area contributed by atoms with Gasteiger partial charge in [-0.15, -0.1) is 0 Å². The Bertz CT molecular complexity index is 520. The van der Waals surface area contributed by atoms with Crippen molar-refractivity contribution in [2.45, 2.75) is 116 Å². The molecule has 1 amide bonds. The number of ether oxygens (including phenoxy) is 1. The Morgan fingerprint density at radius 3 is 1.32 bits per heavy atom. The van der Waals surface area contributed by atoms with Gasteiger partial charge >= 0.3 is 6.09 Å². The van der Waals surface area contributed by atoms with Gasteiger partial charge in [0.1, 0.15) is 5.60 Å². The number of hydrogen-bond acceptors (Lipinski definition) is 4. The van der Waals surface area contributed by atoms with Crippen molar-refractivity contribution in [1.82, 2.24) is 4.90 Å². The molecule has 0 saturated carbocycles. The maximum atomic E-state index is 12.7. The lowest BCUT2D eigenvalue weighted by Crippen LogP contribution is -2.42. The third-order valence-corrected chi connectivity index (χ3v) is 15.5. The second-order valence-electron chi connectivity index (χ2n) is 12.2. The van der Waals surface area contributed by atoms with Gasteiger partial charge in [0.25, 0.3) is 0 Å². The maximum Gasteiger partial charge on any atom is 0.411 e. The van der Waals surface area contributed by atoms with Gasteiger partial charge in [-0.25, -0.2) is 4.79 Å². The summed E-state index contributed by atoms with van der Waals surface area (Å²) in [5.41, 5.74) is -0.505. The lowest BCUT2D eigenvalue weighted by Gasteiger charge is -2.36. The van der Waals surface area contributed by atoms with E-state index in [1.54, 1.807) is 0 Å². The number of hydrogen-bond donors (Lipinski definition) is 0. The van der Waals surface area contributed by atoms with Crippen LogP contribution in [0.3, 0.4) is 0 Å². The zero-order valence-corrected chi connectivity index (χ0v) is 22.6. The molecule has 0 aromatic carbocycles. The lowest BCUT2D eigenvalue weighted by atomic mass is 10.2. The topological polar surface area (TPSA) is 47.8 Å². The molecule has 28 heavy (non-hydrogen) atoms. The standard InChI is InChI=1S/C21H45NO4Si2/c1-19(2,3)26-18(23)22-16(14-24-27(10,11)20(4,5)6)17(22)15-25-28(12,13)21(7,8)9/h16-17H,14-15H2,1-13H3/t16-,17+,22?. The van der Waals surface area contributed by atoms with Crippen molar-refractivity contribution in [3.8, 4) is 0 Å². The van der Waals surface area contributed by atoms with Crippen LogP contribution in [-0.4, -0.2) is 58.5 Å². The minimum absolute atomic E-state index is 0.0359. The largest absolute Gasteiger partial charge is 0.444 e. The van der Waals surface area contributed by atoms with Crippen LogP contribution in [0.15, 0.2) is 0 Å². The highest BCUT2D eigenvalue weighted by Crippen LogP contribution is 2.41. The van der Waals surface area contributed by atoms with E-state index in [9.17, 15) is 4.79 Å². The van der Waals surface area contributed by atoms with Crippen LogP contribution < -0.4 is 0 Å². The van der Waals surface area contributed by atoms with Crippen LogP contribution in [0, 0.1) is 0 Å². The monoisotopic (exact) mass is 431 g/mol. The van der Waals surface area contributed by atoms with Gasteiger partial charge in [0.05, 0.1) is 25.3 Å². The zero-order valence-electron chi connectivity index (χ0n) is 20.6. The maximum absolute atomic E-state index is 12.7. The van der Waals surface area contributed by atoms with E-state index in [-0.39, 0.29) is 28.3 Å². The number of carbonyl (C=O) groups is 1. The second-order valence-corrected chi connectivity index (χ2v) is 21.8. The van der Waals surface area contributed by atoms with Crippen LogP contribution in [0.4, 0.5) is 4.79 Å². The Hall–Kier alpha value is -0.376.